The lowest BCUT2D eigenvalue weighted by Gasteiger charge is -2.18. The molecule has 0 amide bonds. The van der Waals surface area contributed by atoms with Crippen LogP contribution in [-0.4, -0.2) is 22.7 Å². The smallest absolute Gasteiger partial charge is 0.344 e. The van der Waals surface area contributed by atoms with Crippen LogP contribution in [0.1, 0.15) is 38.8 Å². The molecule has 0 aliphatic carbocycles. The highest BCUT2D eigenvalue weighted by atomic mass is 35.5. The predicted molar refractivity (Wildman–Crippen MR) is 126 cm³/mol. The van der Waals surface area contributed by atoms with Crippen LogP contribution in [0.5, 0.6) is 0 Å². The monoisotopic (exact) mass is 441 g/mol. The van der Waals surface area contributed by atoms with Crippen molar-refractivity contribution in [2.45, 2.75) is 33.1 Å². The number of carbonyl (C=O) groups is 1. The lowest BCUT2D eigenvalue weighted by Crippen LogP contribution is -2.12. The van der Waals surface area contributed by atoms with E-state index in [0.717, 1.165) is 5.56 Å². The van der Waals surface area contributed by atoms with E-state index < -0.39 is 5.97 Å². The summed E-state index contributed by atoms with van der Waals surface area (Å²) < 4.78 is 5.14. The Labute approximate surface area is 186 Å². The number of hydrogen-bond donors (Lipinski definition) is 1. The molecule has 3 rings (SSSR count). The molecule has 0 saturated heterocycles. The fourth-order valence-corrected chi connectivity index (χ4v) is 4.11. The summed E-state index contributed by atoms with van der Waals surface area (Å²) in [6.45, 7) is 8.40. The molecule has 1 aliphatic heterocycles. The van der Waals surface area contributed by atoms with Crippen molar-refractivity contribution in [2.75, 3.05) is 6.61 Å². The lowest BCUT2D eigenvalue weighted by molar-refractivity contribution is -0.138. The minimum Gasteiger partial charge on any atom is -0.506 e. The fraction of sp³-hybridized carbons (Fsp3) is 0.250. The number of aliphatic hydroxyl groups is 1. The van der Waals surface area contributed by atoms with Crippen LogP contribution in [0, 0.1) is 0 Å². The maximum absolute atomic E-state index is 12.5. The summed E-state index contributed by atoms with van der Waals surface area (Å²) in [7, 11) is 0. The van der Waals surface area contributed by atoms with Crippen LogP contribution in [0.4, 0.5) is 5.69 Å². The number of aliphatic hydroxyl groups excluding tert-OH is 1. The summed E-state index contributed by atoms with van der Waals surface area (Å²) in [6, 6.07) is 15.1. The molecule has 1 heterocycles. The first-order valence-corrected chi connectivity index (χ1v) is 10.8. The van der Waals surface area contributed by atoms with Crippen molar-refractivity contribution in [1.29, 1.82) is 0 Å². The van der Waals surface area contributed by atoms with Crippen molar-refractivity contribution in [1.82, 2.24) is 0 Å². The SMILES string of the molecule is CCOC(=O)C1=C(O)/C(=C/c2ccc(C(C)(C)C)cc2)SC1=Nc1cccc(Cl)c1. The molecule has 156 valence electrons. The molecule has 0 atom stereocenters. The van der Waals surface area contributed by atoms with Gasteiger partial charge >= 0.3 is 5.97 Å². The molecule has 2 aromatic carbocycles. The second kappa shape index (κ2) is 9.11. The molecule has 6 heteroatoms. The van der Waals surface area contributed by atoms with Crippen LogP contribution in [0.25, 0.3) is 6.08 Å². The summed E-state index contributed by atoms with van der Waals surface area (Å²) in [5.74, 6) is -0.728. The quantitative estimate of drug-likeness (QED) is 0.528. The summed E-state index contributed by atoms with van der Waals surface area (Å²) >= 11 is 7.28. The van der Waals surface area contributed by atoms with Crippen LogP contribution < -0.4 is 0 Å². The van der Waals surface area contributed by atoms with Gasteiger partial charge in [0.1, 0.15) is 16.4 Å². The van der Waals surface area contributed by atoms with E-state index in [4.69, 9.17) is 16.3 Å². The molecule has 30 heavy (non-hydrogen) atoms. The predicted octanol–water partition coefficient (Wildman–Crippen LogP) is 6.83. The number of aliphatic imine (C=N–C) groups is 1. The van der Waals surface area contributed by atoms with Crippen molar-refractivity contribution in [2.24, 2.45) is 4.99 Å². The maximum Gasteiger partial charge on any atom is 0.344 e. The van der Waals surface area contributed by atoms with Gasteiger partial charge in [-0.15, -0.1) is 0 Å². The zero-order chi connectivity index (χ0) is 21.9. The van der Waals surface area contributed by atoms with Gasteiger partial charge < -0.3 is 9.84 Å². The Bertz CT molecular complexity index is 1050. The van der Waals surface area contributed by atoms with E-state index in [1.54, 1.807) is 31.2 Å². The molecule has 0 saturated carbocycles. The number of benzene rings is 2. The molecule has 0 radical (unpaired) electrons. The lowest BCUT2D eigenvalue weighted by atomic mass is 9.87. The van der Waals surface area contributed by atoms with Gasteiger partial charge in [0.15, 0.2) is 0 Å². The largest absolute Gasteiger partial charge is 0.506 e. The van der Waals surface area contributed by atoms with Gasteiger partial charge in [0.25, 0.3) is 0 Å². The molecule has 1 aliphatic rings. The first-order valence-electron chi connectivity index (χ1n) is 9.64. The number of ether oxygens (including phenoxy) is 1. The zero-order valence-electron chi connectivity index (χ0n) is 17.4. The van der Waals surface area contributed by atoms with Gasteiger partial charge in [0, 0.05) is 5.02 Å². The van der Waals surface area contributed by atoms with E-state index in [9.17, 15) is 9.90 Å². The normalized spacial score (nSPS) is 17.1. The highest BCUT2D eigenvalue weighted by molar-refractivity contribution is 8.18. The molecule has 4 nitrogen and oxygen atoms in total. The van der Waals surface area contributed by atoms with E-state index in [1.165, 1.54) is 17.3 Å². The van der Waals surface area contributed by atoms with Crippen molar-refractivity contribution < 1.29 is 14.6 Å². The van der Waals surface area contributed by atoms with E-state index in [1.807, 2.05) is 18.2 Å². The first-order chi connectivity index (χ1) is 14.2. The molecule has 0 unspecified atom stereocenters. The molecule has 1 N–H and O–H groups in total. The third-order valence-corrected chi connectivity index (χ3v) is 5.74. The summed E-state index contributed by atoms with van der Waals surface area (Å²) in [6.07, 6.45) is 1.84. The Kier molecular flexibility index (Phi) is 6.74. The van der Waals surface area contributed by atoms with Crippen LogP contribution in [-0.2, 0) is 14.9 Å². The molecular weight excluding hydrogens is 418 g/mol. The minimum absolute atomic E-state index is 0.0592. The maximum atomic E-state index is 12.5. The fourth-order valence-electron chi connectivity index (χ4n) is 2.89. The van der Waals surface area contributed by atoms with Gasteiger partial charge in [0.05, 0.1) is 17.2 Å². The van der Waals surface area contributed by atoms with E-state index >= 15 is 0 Å². The molecule has 0 spiro atoms. The average molecular weight is 442 g/mol. The number of hydrogen-bond acceptors (Lipinski definition) is 5. The van der Waals surface area contributed by atoms with Gasteiger partial charge in [0.2, 0.25) is 0 Å². The number of nitrogens with zero attached hydrogens (tertiary/aromatic N) is 1. The zero-order valence-corrected chi connectivity index (χ0v) is 19.0. The highest BCUT2D eigenvalue weighted by Gasteiger charge is 2.33. The van der Waals surface area contributed by atoms with Gasteiger partial charge in [-0.25, -0.2) is 9.79 Å². The number of halogens is 1. The summed E-state index contributed by atoms with van der Waals surface area (Å²) in [5, 5.41) is 11.7. The van der Waals surface area contributed by atoms with Crippen molar-refractivity contribution in [3.05, 3.63) is 80.9 Å². The van der Waals surface area contributed by atoms with Crippen LogP contribution in [0.3, 0.4) is 0 Å². The van der Waals surface area contributed by atoms with Gasteiger partial charge in [-0.3, -0.25) is 0 Å². The van der Waals surface area contributed by atoms with Crippen LogP contribution >= 0.6 is 23.4 Å². The van der Waals surface area contributed by atoms with Gasteiger partial charge in [-0.05, 0) is 47.7 Å². The van der Waals surface area contributed by atoms with Crippen LogP contribution in [0.15, 0.2) is 69.8 Å². The van der Waals surface area contributed by atoms with E-state index in [2.05, 4.69) is 37.9 Å². The molecule has 0 bridgehead atoms. The van der Waals surface area contributed by atoms with Crippen molar-refractivity contribution in [3.8, 4) is 0 Å². The number of esters is 1. The second-order valence-corrected chi connectivity index (χ2v) is 9.29. The first kappa shape index (κ1) is 22.2. The number of thioether (sulfide) groups is 1. The third-order valence-electron chi connectivity index (χ3n) is 4.48. The van der Waals surface area contributed by atoms with Crippen molar-refractivity contribution in [3.63, 3.8) is 0 Å². The Morgan fingerprint density at radius 2 is 1.90 bits per heavy atom. The standard InChI is InChI=1S/C24H24ClNO3S/c1-5-29-23(28)20-21(27)19(13-15-9-11-16(12-10-15)24(2,3)4)30-22(20)26-18-8-6-7-17(25)14-18/h6-14,27H,5H2,1-4H3/b19-13-,26-22?. The Morgan fingerprint density at radius 3 is 2.50 bits per heavy atom. The molecular formula is C24H24ClNO3S. The van der Waals surface area contributed by atoms with Gasteiger partial charge in [-0.2, -0.15) is 0 Å². The topological polar surface area (TPSA) is 58.9 Å². The Morgan fingerprint density at radius 1 is 1.20 bits per heavy atom. The summed E-state index contributed by atoms with van der Waals surface area (Å²) in [4.78, 5) is 17.6. The minimum atomic E-state index is -0.602. The highest BCUT2D eigenvalue weighted by Crippen LogP contribution is 2.40. The van der Waals surface area contributed by atoms with Gasteiger partial charge in [-0.1, -0.05) is 74.5 Å². The molecule has 0 fully saturated rings. The summed E-state index contributed by atoms with van der Waals surface area (Å²) in [5.41, 5.74) is 2.86. The van der Waals surface area contributed by atoms with E-state index in [0.29, 0.717) is 20.7 Å². The third kappa shape index (κ3) is 5.15. The Balaban J connectivity index is 2.00. The number of carbonyl (C=O) groups excluding carboxylic acids is 1. The van der Waals surface area contributed by atoms with Crippen molar-refractivity contribution >= 4 is 46.1 Å². The number of rotatable bonds is 4. The van der Waals surface area contributed by atoms with Crippen LogP contribution in [0.2, 0.25) is 5.02 Å². The van der Waals surface area contributed by atoms with E-state index in [-0.39, 0.29) is 23.4 Å². The second-order valence-electron chi connectivity index (χ2n) is 7.82. The molecule has 2 aromatic rings. The average Bonchev–Trinajstić information content (AvgIpc) is 2.96. The molecule has 0 aromatic heterocycles. The Hall–Kier alpha value is -2.50.